The van der Waals surface area contributed by atoms with Crippen molar-refractivity contribution in [3.63, 3.8) is 0 Å². The first-order valence-electron chi connectivity index (χ1n) is 10.2. The van der Waals surface area contributed by atoms with E-state index < -0.39 is 34.1 Å². The summed E-state index contributed by atoms with van der Waals surface area (Å²) in [7, 11) is -1.77. The Bertz CT molecular complexity index is 1440. The van der Waals surface area contributed by atoms with E-state index in [1.54, 1.807) is 0 Å². The number of hydrogen-bond acceptors (Lipinski definition) is 7. The van der Waals surface area contributed by atoms with Gasteiger partial charge in [-0.2, -0.15) is 0 Å². The molecule has 4 N–H and O–H groups in total. The second-order valence-corrected chi connectivity index (χ2v) is 8.82. The largest absolute Gasteiger partial charge is 0.573 e. The van der Waals surface area contributed by atoms with Gasteiger partial charge in [-0.3, -0.25) is 10.1 Å². The lowest BCUT2D eigenvalue weighted by molar-refractivity contribution is -0.274. The van der Waals surface area contributed by atoms with E-state index in [9.17, 15) is 31.2 Å². The molecule has 37 heavy (non-hydrogen) atoms. The maximum Gasteiger partial charge on any atom is 0.573 e. The smallest absolute Gasteiger partial charge is 0.495 e. The standard InChI is InChI=1S/C23H20F3N3O7S/c1-34-19-12-14(8-10-20(19)37(27,32)33)28-21(30)13-7-9-15(17(11-13)29-22(31)35-2)16-5-3-4-6-18(16)36-23(24,25)26/h3-12H,1-2H3,(H,28,30)(H,29,31)(H2,27,32,33). The van der Waals surface area contributed by atoms with Gasteiger partial charge >= 0.3 is 12.5 Å². The van der Waals surface area contributed by atoms with E-state index in [2.05, 4.69) is 20.1 Å². The average Bonchev–Trinajstić information content (AvgIpc) is 2.82. The zero-order chi connectivity index (χ0) is 27.4. The number of rotatable bonds is 7. The zero-order valence-electron chi connectivity index (χ0n) is 19.3. The fraction of sp³-hybridized carbons (Fsp3) is 0.130. The van der Waals surface area contributed by atoms with Crippen LogP contribution in [0.2, 0.25) is 0 Å². The first kappa shape index (κ1) is 27.3. The minimum absolute atomic E-state index is 0.00105. The summed E-state index contributed by atoms with van der Waals surface area (Å²) in [6.07, 6.45) is -5.90. The summed E-state index contributed by atoms with van der Waals surface area (Å²) in [6, 6.07) is 12.8. The summed E-state index contributed by atoms with van der Waals surface area (Å²) < 4.78 is 75.8. The van der Waals surface area contributed by atoms with Crippen LogP contribution in [0.3, 0.4) is 0 Å². The van der Waals surface area contributed by atoms with Crippen molar-refractivity contribution in [2.24, 2.45) is 5.14 Å². The molecule has 0 aliphatic carbocycles. The van der Waals surface area contributed by atoms with Crippen LogP contribution in [0, 0.1) is 0 Å². The topological polar surface area (TPSA) is 146 Å². The first-order valence-corrected chi connectivity index (χ1v) is 11.7. The predicted octanol–water partition coefficient (Wildman–Crippen LogP) is 4.34. The van der Waals surface area contributed by atoms with E-state index >= 15 is 0 Å². The van der Waals surface area contributed by atoms with E-state index in [1.807, 2.05) is 0 Å². The van der Waals surface area contributed by atoms with Crippen LogP contribution in [0.5, 0.6) is 11.5 Å². The summed E-state index contributed by atoms with van der Waals surface area (Å²) >= 11 is 0. The minimum atomic E-state index is -4.97. The van der Waals surface area contributed by atoms with Crippen LogP contribution < -0.4 is 25.2 Å². The molecule has 3 rings (SSSR count). The molecule has 0 saturated heterocycles. The number of carbonyl (C=O) groups is 2. The van der Waals surface area contributed by atoms with E-state index in [0.717, 1.165) is 19.2 Å². The molecule has 0 atom stereocenters. The lowest BCUT2D eigenvalue weighted by atomic mass is 10.00. The van der Waals surface area contributed by atoms with E-state index in [1.165, 1.54) is 55.6 Å². The highest BCUT2D eigenvalue weighted by atomic mass is 32.2. The number of nitrogens with two attached hydrogens (primary N) is 1. The molecule has 10 nitrogen and oxygen atoms in total. The highest BCUT2D eigenvalue weighted by Crippen LogP contribution is 2.38. The van der Waals surface area contributed by atoms with Gasteiger partial charge in [0.15, 0.2) is 0 Å². The molecule has 0 aromatic heterocycles. The van der Waals surface area contributed by atoms with E-state index in [0.29, 0.717) is 0 Å². The maximum atomic E-state index is 12.9. The Kier molecular flexibility index (Phi) is 7.93. The molecule has 0 radical (unpaired) electrons. The lowest BCUT2D eigenvalue weighted by Gasteiger charge is -2.17. The molecule has 0 fully saturated rings. The number of hydrogen-bond donors (Lipinski definition) is 3. The number of ether oxygens (including phenoxy) is 3. The number of nitrogens with one attached hydrogen (secondary N) is 2. The maximum absolute atomic E-state index is 12.9. The van der Waals surface area contributed by atoms with E-state index in [-0.39, 0.29) is 38.7 Å². The van der Waals surface area contributed by atoms with Crippen molar-refractivity contribution in [1.29, 1.82) is 0 Å². The normalized spacial score (nSPS) is 11.4. The summed E-state index contributed by atoms with van der Waals surface area (Å²) in [5, 5.41) is 10.0. The molecule has 196 valence electrons. The molecule has 3 aromatic rings. The van der Waals surface area contributed by atoms with Crippen molar-refractivity contribution < 1.29 is 45.4 Å². The van der Waals surface area contributed by atoms with Gasteiger partial charge in [0.05, 0.1) is 19.9 Å². The van der Waals surface area contributed by atoms with Gasteiger partial charge in [0.25, 0.3) is 5.91 Å². The number of para-hydroxylation sites is 1. The van der Waals surface area contributed by atoms with Crippen molar-refractivity contribution in [2.45, 2.75) is 11.3 Å². The number of halogens is 3. The Morgan fingerprint density at radius 2 is 1.59 bits per heavy atom. The summed E-state index contributed by atoms with van der Waals surface area (Å²) in [4.78, 5) is 24.5. The number of alkyl halides is 3. The molecular formula is C23H20F3N3O7S. The number of carbonyl (C=O) groups excluding carboxylic acids is 2. The summed E-state index contributed by atoms with van der Waals surface area (Å²) in [5.74, 6) is -1.32. The number of methoxy groups -OCH3 is 2. The fourth-order valence-electron chi connectivity index (χ4n) is 3.27. The molecule has 0 aliphatic rings. The minimum Gasteiger partial charge on any atom is -0.495 e. The van der Waals surface area contributed by atoms with Gasteiger partial charge in [-0.1, -0.05) is 24.3 Å². The monoisotopic (exact) mass is 539 g/mol. The third-order valence-corrected chi connectivity index (χ3v) is 5.79. The highest BCUT2D eigenvalue weighted by Gasteiger charge is 2.32. The van der Waals surface area contributed by atoms with Gasteiger partial charge in [0.1, 0.15) is 16.4 Å². The van der Waals surface area contributed by atoms with Gasteiger partial charge in [0, 0.05) is 28.4 Å². The SMILES string of the molecule is COC(=O)Nc1cc(C(=O)Nc2ccc(S(N)(=O)=O)c(OC)c2)ccc1-c1ccccc1OC(F)(F)F. The van der Waals surface area contributed by atoms with Crippen molar-refractivity contribution in [1.82, 2.24) is 0 Å². The Morgan fingerprint density at radius 3 is 2.22 bits per heavy atom. The number of amides is 2. The van der Waals surface area contributed by atoms with Crippen LogP contribution in [0.1, 0.15) is 10.4 Å². The van der Waals surface area contributed by atoms with Crippen LogP contribution in [0.4, 0.5) is 29.3 Å². The Morgan fingerprint density at radius 1 is 0.892 bits per heavy atom. The van der Waals surface area contributed by atoms with Gasteiger partial charge in [-0.05, 0) is 30.3 Å². The second-order valence-electron chi connectivity index (χ2n) is 7.29. The zero-order valence-corrected chi connectivity index (χ0v) is 20.1. The molecule has 0 saturated carbocycles. The van der Waals surface area contributed by atoms with Gasteiger partial charge in [-0.15, -0.1) is 13.2 Å². The first-order chi connectivity index (χ1) is 17.3. The third-order valence-electron chi connectivity index (χ3n) is 4.83. The Labute approximate surface area is 209 Å². The molecule has 0 unspecified atom stereocenters. The molecule has 2 amide bonds. The van der Waals surface area contributed by atoms with Gasteiger partial charge in [0.2, 0.25) is 10.0 Å². The van der Waals surface area contributed by atoms with Crippen molar-refractivity contribution in [3.8, 4) is 22.6 Å². The second kappa shape index (κ2) is 10.8. The summed E-state index contributed by atoms with van der Waals surface area (Å²) in [6.45, 7) is 0. The van der Waals surface area contributed by atoms with Gasteiger partial charge in [-0.25, -0.2) is 18.4 Å². The number of anilines is 2. The molecule has 0 spiro atoms. The highest BCUT2D eigenvalue weighted by molar-refractivity contribution is 7.89. The molecule has 3 aromatic carbocycles. The third kappa shape index (κ3) is 6.89. The predicted molar refractivity (Wildman–Crippen MR) is 127 cm³/mol. The molecule has 0 bridgehead atoms. The van der Waals surface area contributed by atoms with E-state index in [4.69, 9.17) is 9.88 Å². The molecular weight excluding hydrogens is 519 g/mol. The number of primary sulfonamides is 1. The van der Waals surface area contributed by atoms with Crippen LogP contribution in [0.15, 0.2) is 65.6 Å². The molecule has 0 heterocycles. The van der Waals surface area contributed by atoms with Crippen molar-refractivity contribution in [3.05, 3.63) is 66.2 Å². The number of benzene rings is 3. The summed E-state index contributed by atoms with van der Waals surface area (Å²) in [5.41, 5.74) is 0.214. The van der Waals surface area contributed by atoms with Crippen molar-refractivity contribution in [2.75, 3.05) is 24.9 Å². The Balaban J connectivity index is 2.00. The average molecular weight is 539 g/mol. The molecule has 0 aliphatic heterocycles. The van der Waals surface area contributed by atoms with Crippen LogP contribution >= 0.6 is 0 Å². The van der Waals surface area contributed by atoms with Crippen LogP contribution in [0.25, 0.3) is 11.1 Å². The Hall–Kier alpha value is -4.30. The van der Waals surface area contributed by atoms with Crippen molar-refractivity contribution >= 4 is 33.4 Å². The van der Waals surface area contributed by atoms with Crippen LogP contribution in [-0.2, 0) is 14.8 Å². The number of sulfonamides is 1. The lowest BCUT2D eigenvalue weighted by Crippen LogP contribution is -2.18. The quantitative estimate of drug-likeness (QED) is 0.405. The molecule has 14 heteroatoms. The fourth-order valence-corrected chi connectivity index (χ4v) is 3.95. The van der Waals surface area contributed by atoms with Crippen LogP contribution in [-0.4, -0.2) is 41.0 Å². The van der Waals surface area contributed by atoms with Gasteiger partial charge < -0.3 is 19.5 Å².